The van der Waals surface area contributed by atoms with Crippen LogP contribution in [-0.2, 0) is 37.5 Å². The molecule has 2 aromatic heterocycles. The van der Waals surface area contributed by atoms with Crippen molar-refractivity contribution < 1.29 is 9.90 Å². The Morgan fingerprint density at radius 2 is 1.78 bits per heavy atom. The van der Waals surface area contributed by atoms with Crippen molar-refractivity contribution in [1.82, 2.24) is 34.6 Å². The number of carboxylic acids is 1. The van der Waals surface area contributed by atoms with Crippen LogP contribution in [0.1, 0.15) is 67.7 Å². The van der Waals surface area contributed by atoms with Crippen LogP contribution < -0.4 is 5.32 Å². The lowest BCUT2D eigenvalue weighted by molar-refractivity contribution is -0.137. The third-order valence-electron chi connectivity index (χ3n) is 9.83. The number of carboxylic acid groups (broad SMARTS) is 1. The number of aliphatic carboxylic acids is 1. The second-order valence-corrected chi connectivity index (χ2v) is 12.6. The van der Waals surface area contributed by atoms with Gasteiger partial charge < -0.3 is 20.0 Å². The van der Waals surface area contributed by atoms with E-state index in [1.807, 2.05) is 6.20 Å². The third-order valence-corrected chi connectivity index (χ3v) is 9.83. The van der Waals surface area contributed by atoms with Gasteiger partial charge >= 0.3 is 5.97 Å². The maximum atomic E-state index is 11.3. The zero-order valence-corrected chi connectivity index (χ0v) is 24.2. The molecule has 6 rings (SSSR count). The summed E-state index contributed by atoms with van der Waals surface area (Å²) in [7, 11) is 0. The maximum absolute atomic E-state index is 11.3. The lowest BCUT2D eigenvalue weighted by atomic mass is 9.63. The highest BCUT2D eigenvalue weighted by atomic mass is 16.4. The molecule has 1 saturated carbocycles. The first kappa shape index (κ1) is 28.1. The van der Waals surface area contributed by atoms with Gasteiger partial charge in [0.25, 0.3) is 0 Å². The molecule has 3 aromatic rings. The molecule has 1 unspecified atom stereocenters. The van der Waals surface area contributed by atoms with Gasteiger partial charge in [0.15, 0.2) is 0 Å². The van der Waals surface area contributed by atoms with Gasteiger partial charge in [0, 0.05) is 51.0 Å². The molecule has 3 aliphatic rings. The van der Waals surface area contributed by atoms with Crippen molar-refractivity contribution in [2.45, 2.75) is 77.7 Å². The van der Waals surface area contributed by atoms with Crippen molar-refractivity contribution in [2.24, 2.45) is 17.3 Å². The van der Waals surface area contributed by atoms with E-state index in [2.05, 4.69) is 54.3 Å². The van der Waals surface area contributed by atoms with Crippen LogP contribution >= 0.6 is 0 Å². The first-order valence-corrected chi connectivity index (χ1v) is 15.5. The predicted molar refractivity (Wildman–Crippen MR) is 158 cm³/mol. The number of hydrogen-bond donors (Lipinski definition) is 3. The van der Waals surface area contributed by atoms with Gasteiger partial charge in [-0.15, -0.1) is 0 Å². The molecule has 2 aliphatic heterocycles. The summed E-state index contributed by atoms with van der Waals surface area (Å²) >= 11 is 0. The Morgan fingerprint density at radius 1 is 1.00 bits per heavy atom. The number of rotatable bonds is 11. The van der Waals surface area contributed by atoms with Crippen LogP contribution in [0.25, 0.3) is 0 Å². The lowest BCUT2D eigenvalue weighted by Crippen LogP contribution is -2.44. The van der Waals surface area contributed by atoms with Crippen molar-refractivity contribution in [1.29, 1.82) is 0 Å². The minimum Gasteiger partial charge on any atom is -0.480 e. The van der Waals surface area contributed by atoms with E-state index in [0.29, 0.717) is 18.5 Å². The second-order valence-electron chi connectivity index (χ2n) is 12.6. The summed E-state index contributed by atoms with van der Waals surface area (Å²) in [4.78, 5) is 28.4. The van der Waals surface area contributed by atoms with Gasteiger partial charge in [-0.3, -0.25) is 14.6 Å². The van der Waals surface area contributed by atoms with E-state index >= 15 is 0 Å². The minimum absolute atomic E-state index is 0.0888. The van der Waals surface area contributed by atoms with Crippen molar-refractivity contribution in [3.05, 3.63) is 71.8 Å². The molecule has 0 radical (unpaired) electrons. The molecule has 4 heterocycles. The molecule has 220 valence electrons. The summed E-state index contributed by atoms with van der Waals surface area (Å²) in [6.45, 7) is 7.69. The zero-order valence-electron chi connectivity index (χ0n) is 24.2. The first-order valence-electron chi connectivity index (χ1n) is 15.5. The summed E-state index contributed by atoms with van der Waals surface area (Å²) in [6, 6.07) is 9.11. The number of H-pyrrole nitrogens is 1. The fourth-order valence-electron chi connectivity index (χ4n) is 7.87. The van der Waals surface area contributed by atoms with Crippen molar-refractivity contribution in [3.63, 3.8) is 0 Å². The Hall–Kier alpha value is -3.01. The van der Waals surface area contributed by atoms with E-state index in [9.17, 15) is 9.90 Å². The van der Waals surface area contributed by atoms with Crippen molar-refractivity contribution >= 4 is 5.97 Å². The summed E-state index contributed by atoms with van der Waals surface area (Å²) in [5.74, 6) is 2.52. The Morgan fingerprint density at radius 3 is 2.51 bits per heavy atom. The molecular formula is C32H45N7O2. The largest absolute Gasteiger partial charge is 0.480 e. The number of likely N-dealkylation sites (tertiary alicyclic amines) is 1. The number of hydrogen-bond acceptors (Lipinski definition) is 6. The van der Waals surface area contributed by atoms with Crippen LogP contribution in [0.5, 0.6) is 0 Å². The van der Waals surface area contributed by atoms with Crippen LogP contribution in [0.2, 0.25) is 0 Å². The smallest absolute Gasteiger partial charge is 0.323 e. The number of carbonyl (C=O) groups is 1. The quantitative estimate of drug-likeness (QED) is 0.322. The highest BCUT2D eigenvalue weighted by molar-refractivity contribution is 5.66. The van der Waals surface area contributed by atoms with Crippen molar-refractivity contribution in [2.75, 3.05) is 26.2 Å². The van der Waals surface area contributed by atoms with E-state index in [1.54, 1.807) is 23.2 Å². The minimum atomic E-state index is -0.869. The van der Waals surface area contributed by atoms with Crippen LogP contribution in [0.4, 0.5) is 0 Å². The number of aromatic nitrogens is 4. The highest BCUT2D eigenvalue weighted by Gasteiger charge is 2.49. The van der Waals surface area contributed by atoms with Crippen LogP contribution in [0, 0.1) is 17.3 Å². The van der Waals surface area contributed by atoms with Gasteiger partial charge in [-0.25, -0.2) is 9.97 Å². The zero-order chi connectivity index (χ0) is 28.1. The van der Waals surface area contributed by atoms with Gasteiger partial charge in [0.2, 0.25) is 0 Å². The number of nitrogens with one attached hydrogen (secondary N) is 2. The monoisotopic (exact) mass is 559 g/mol. The standard InChI is InChI=1S/C32H45N7O2/c40-31(41)23-39-17-16-36-30(39)22-37(21-29-34-14-15-35-29)18-25-6-8-26(9-7-25)19-38-20-28(27-4-2-1-3-5-27)32(24-38)10-12-33-13-11-32/h6-9,14-17,27-28,33H,1-5,10-13,18-24H2,(H,34,35)(H,40,41). The number of piperidine rings is 1. The van der Waals surface area contributed by atoms with E-state index in [0.717, 1.165) is 36.6 Å². The maximum Gasteiger partial charge on any atom is 0.323 e. The fraction of sp³-hybridized carbons (Fsp3) is 0.594. The van der Waals surface area contributed by atoms with E-state index in [-0.39, 0.29) is 6.54 Å². The predicted octanol–water partition coefficient (Wildman–Crippen LogP) is 4.28. The number of nitrogens with zero attached hydrogens (tertiary/aromatic N) is 5. The molecule has 41 heavy (non-hydrogen) atoms. The fourth-order valence-corrected chi connectivity index (χ4v) is 7.87. The topological polar surface area (TPSA) is 102 Å². The van der Waals surface area contributed by atoms with Crippen LogP contribution in [-0.4, -0.2) is 66.6 Å². The number of imidazole rings is 2. The van der Waals surface area contributed by atoms with E-state index < -0.39 is 5.97 Å². The van der Waals surface area contributed by atoms with Crippen LogP contribution in [0.3, 0.4) is 0 Å². The molecule has 1 aliphatic carbocycles. The average Bonchev–Trinajstić information content (AvgIpc) is 3.72. The first-order chi connectivity index (χ1) is 20.1. The molecule has 9 nitrogen and oxygen atoms in total. The molecule has 2 saturated heterocycles. The normalized spacial score (nSPS) is 21.6. The molecule has 3 fully saturated rings. The summed E-state index contributed by atoms with van der Waals surface area (Å²) < 4.78 is 1.70. The van der Waals surface area contributed by atoms with E-state index in [4.69, 9.17) is 0 Å². The summed E-state index contributed by atoms with van der Waals surface area (Å²) in [5, 5.41) is 12.9. The molecule has 1 spiro atoms. The molecule has 0 amide bonds. The van der Waals surface area contributed by atoms with Gasteiger partial charge in [0.05, 0.1) is 13.1 Å². The van der Waals surface area contributed by atoms with Crippen LogP contribution in [0.15, 0.2) is 49.1 Å². The number of benzene rings is 1. The SMILES string of the molecule is O=C(O)Cn1ccnc1CN(Cc1ccc(CN2CC(C3CCCCC3)C3(CCNCC3)C2)cc1)Cc1ncc[nH]1. The van der Waals surface area contributed by atoms with Crippen molar-refractivity contribution in [3.8, 4) is 0 Å². The molecule has 1 aromatic carbocycles. The molecule has 3 N–H and O–H groups in total. The van der Waals surface area contributed by atoms with Gasteiger partial charge in [0.1, 0.15) is 18.2 Å². The lowest BCUT2D eigenvalue weighted by Gasteiger charge is -2.43. The van der Waals surface area contributed by atoms with Gasteiger partial charge in [-0.2, -0.15) is 0 Å². The second kappa shape index (κ2) is 12.9. The Kier molecular flexibility index (Phi) is 8.84. The molecule has 9 heteroatoms. The van der Waals surface area contributed by atoms with E-state index in [1.165, 1.54) is 82.3 Å². The van der Waals surface area contributed by atoms with Gasteiger partial charge in [-0.1, -0.05) is 56.4 Å². The average molecular weight is 560 g/mol. The van der Waals surface area contributed by atoms with Gasteiger partial charge in [-0.05, 0) is 54.3 Å². The Labute approximate surface area is 243 Å². The summed E-state index contributed by atoms with van der Waals surface area (Å²) in [5.41, 5.74) is 3.12. The molecule has 1 atom stereocenters. The number of aromatic amines is 1. The Balaban J connectivity index is 1.11. The highest BCUT2D eigenvalue weighted by Crippen LogP contribution is 2.50. The molecule has 0 bridgehead atoms. The summed E-state index contributed by atoms with van der Waals surface area (Å²) in [6.07, 6.45) is 16.8. The Bertz CT molecular complexity index is 1240. The third kappa shape index (κ3) is 6.90. The molecular weight excluding hydrogens is 514 g/mol.